The highest BCUT2D eigenvalue weighted by molar-refractivity contribution is 5.70. The summed E-state index contributed by atoms with van der Waals surface area (Å²) in [5.74, 6) is 0.533. The van der Waals surface area contributed by atoms with Crippen molar-refractivity contribution in [3.63, 3.8) is 0 Å². The predicted octanol–water partition coefficient (Wildman–Crippen LogP) is 1.36. The molecule has 0 aromatic heterocycles. The van der Waals surface area contributed by atoms with Crippen LogP contribution in [0, 0.1) is 0 Å². The van der Waals surface area contributed by atoms with Crippen LogP contribution >= 0.6 is 0 Å². The summed E-state index contributed by atoms with van der Waals surface area (Å²) >= 11 is 0. The van der Waals surface area contributed by atoms with Gasteiger partial charge in [0.1, 0.15) is 19.0 Å². The summed E-state index contributed by atoms with van der Waals surface area (Å²) in [6.07, 6.45) is 0. The van der Waals surface area contributed by atoms with Gasteiger partial charge in [-0.1, -0.05) is 12.1 Å². The summed E-state index contributed by atoms with van der Waals surface area (Å²) in [7, 11) is 1.46. The third-order valence-corrected chi connectivity index (χ3v) is 2.37. The fourth-order valence-corrected chi connectivity index (χ4v) is 1.50. The first-order valence-electron chi connectivity index (χ1n) is 6.33. The number of rotatable bonds is 9. The Labute approximate surface area is 113 Å². The zero-order valence-corrected chi connectivity index (χ0v) is 11.5. The Balaban J connectivity index is 2.13. The van der Waals surface area contributed by atoms with Gasteiger partial charge in [0.05, 0.1) is 6.61 Å². The van der Waals surface area contributed by atoms with Crippen molar-refractivity contribution < 1.29 is 19.0 Å². The molecule has 0 amide bonds. The molecule has 0 aliphatic carbocycles. The Morgan fingerprint density at radius 3 is 2.63 bits per heavy atom. The van der Waals surface area contributed by atoms with Crippen LogP contribution in [-0.4, -0.2) is 39.4 Å². The highest BCUT2D eigenvalue weighted by atomic mass is 16.6. The molecule has 0 saturated heterocycles. The number of carbonyl (C=O) groups excluding carboxylic acids is 1. The zero-order chi connectivity index (χ0) is 13.9. The molecule has 1 aromatic rings. The topological polar surface area (TPSA) is 56.8 Å². The van der Waals surface area contributed by atoms with E-state index in [1.54, 1.807) is 0 Å². The summed E-state index contributed by atoms with van der Waals surface area (Å²) in [6, 6.07) is 7.90. The quantitative estimate of drug-likeness (QED) is 0.541. The molecule has 1 aromatic carbocycles. The summed E-state index contributed by atoms with van der Waals surface area (Å²) in [4.78, 5) is 11.0. The lowest BCUT2D eigenvalue weighted by Gasteiger charge is -2.07. The maximum atomic E-state index is 11.0. The number of benzene rings is 1. The summed E-state index contributed by atoms with van der Waals surface area (Å²) in [5.41, 5.74) is 1.16. The molecule has 0 aliphatic rings. The van der Waals surface area contributed by atoms with Crippen molar-refractivity contribution in [1.82, 2.24) is 5.32 Å². The maximum Gasteiger partial charge on any atom is 0.332 e. The highest BCUT2D eigenvalue weighted by Crippen LogP contribution is 2.11. The fraction of sp³-hybridized carbons (Fsp3) is 0.500. The van der Waals surface area contributed by atoms with E-state index in [1.165, 1.54) is 7.11 Å². The average molecular weight is 267 g/mol. The Morgan fingerprint density at radius 1 is 1.26 bits per heavy atom. The molecule has 1 N–H and O–H groups in total. The van der Waals surface area contributed by atoms with Crippen LogP contribution < -0.4 is 10.1 Å². The van der Waals surface area contributed by atoms with Crippen molar-refractivity contribution in [2.75, 3.05) is 33.5 Å². The van der Waals surface area contributed by atoms with Gasteiger partial charge in [-0.3, -0.25) is 0 Å². The molecule has 0 spiro atoms. The molecule has 0 atom stereocenters. The molecule has 5 heteroatoms. The Bertz CT molecular complexity index is 364. The van der Waals surface area contributed by atoms with Gasteiger partial charge < -0.3 is 19.5 Å². The minimum Gasteiger partial charge on any atom is -0.494 e. The highest BCUT2D eigenvalue weighted by Gasteiger charge is 2.00. The van der Waals surface area contributed by atoms with Gasteiger partial charge in [-0.2, -0.15) is 0 Å². The van der Waals surface area contributed by atoms with E-state index in [0.29, 0.717) is 19.8 Å². The molecular formula is C14H21NO4. The van der Waals surface area contributed by atoms with E-state index in [4.69, 9.17) is 9.47 Å². The van der Waals surface area contributed by atoms with Gasteiger partial charge in [0.2, 0.25) is 0 Å². The van der Waals surface area contributed by atoms with E-state index in [9.17, 15) is 4.79 Å². The first kappa shape index (κ1) is 15.5. The molecule has 0 saturated carbocycles. The van der Waals surface area contributed by atoms with Crippen LogP contribution in [0.3, 0.4) is 0 Å². The number of hydrogen-bond donors (Lipinski definition) is 1. The van der Waals surface area contributed by atoms with Crippen molar-refractivity contribution in [3.05, 3.63) is 29.8 Å². The number of nitrogens with one attached hydrogen (secondary N) is 1. The number of carbonyl (C=O) groups is 1. The van der Waals surface area contributed by atoms with Crippen LogP contribution in [0.25, 0.3) is 0 Å². The van der Waals surface area contributed by atoms with Crippen LogP contribution in [0.15, 0.2) is 24.3 Å². The molecule has 106 valence electrons. The van der Waals surface area contributed by atoms with Gasteiger partial charge in [0, 0.05) is 20.2 Å². The van der Waals surface area contributed by atoms with E-state index < -0.39 is 0 Å². The lowest BCUT2D eigenvalue weighted by molar-refractivity contribution is -0.147. The lowest BCUT2D eigenvalue weighted by atomic mass is 10.2. The summed E-state index contributed by atoms with van der Waals surface area (Å²) in [6.45, 7) is 4.32. The van der Waals surface area contributed by atoms with Crippen molar-refractivity contribution in [2.24, 2.45) is 0 Å². The van der Waals surface area contributed by atoms with Crippen LogP contribution in [0.5, 0.6) is 5.75 Å². The molecular weight excluding hydrogens is 246 g/mol. The molecule has 0 bridgehead atoms. The van der Waals surface area contributed by atoms with E-state index in [-0.39, 0.29) is 12.6 Å². The molecule has 0 unspecified atom stereocenters. The fourth-order valence-electron chi connectivity index (χ4n) is 1.50. The maximum absolute atomic E-state index is 11.0. The van der Waals surface area contributed by atoms with Gasteiger partial charge >= 0.3 is 5.97 Å². The second-order valence-electron chi connectivity index (χ2n) is 3.91. The van der Waals surface area contributed by atoms with Crippen LogP contribution in [0.2, 0.25) is 0 Å². The van der Waals surface area contributed by atoms with E-state index >= 15 is 0 Å². The second kappa shape index (κ2) is 9.35. The largest absolute Gasteiger partial charge is 0.494 e. The molecule has 19 heavy (non-hydrogen) atoms. The standard InChI is InChI=1S/C14H21NO4/c1-3-18-13-6-4-12(5-7-13)10-15-8-9-19-14(16)11-17-2/h4-7,15H,3,8-11H2,1-2H3. The van der Waals surface area contributed by atoms with Crippen LogP contribution in [-0.2, 0) is 20.8 Å². The average Bonchev–Trinajstić information content (AvgIpc) is 2.41. The third kappa shape index (κ3) is 6.79. The Morgan fingerprint density at radius 2 is 2.00 bits per heavy atom. The van der Waals surface area contributed by atoms with Gasteiger partial charge in [-0.05, 0) is 24.6 Å². The normalized spacial score (nSPS) is 10.2. The Kier molecular flexibility index (Phi) is 7.62. The van der Waals surface area contributed by atoms with Gasteiger partial charge in [0.25, 0.3) is 0 Å². The molecule has 0 fully saturated rings. The van der Waals surface area contributed by atoms with E-state index in [2.05, 4.69) is 10.1 Å². The third-order valence-electron chi connectivity index (χ3n) is 2.37. The lowest BCUT2D eigenvalue weighted by Crippen LogP contribution is -2.22. The number of esters is 1. The van der Waals surface area contributed by atoms with E-state index in [1.807, 2.05) is 31.2 Å². The number of ether oxygens (including phenoxy) is 3. The smallest absolute Gasteiger partial charge is 0.332 e. The molecule has 1 rings (SSSR count). The van der Waals surface area contributed by atoms with Crippen LogP contribution in [0.4, 0.5) is 0 Å². The second-order valence-corrected chi connectivity index (χ2v) is 3.91. The van der Waals surface area contributed by atoms with Crippen molar-refractivity contribution in [2.45, 2.75) is 13.5 Å². The van der Waals surface area contributed by atoms with Gasteiger partial charge in [-0.15, -0.1) is 0 Å². The number of hydrogen-bond acceptors (Lipinski definition) is 5. The van der Waals surface area contributed by atoms with Crippen molar-refractivity contribution in [3.8, 4) is 5.75 Å². The SMILES string of the molecule is CCOc1ccc(CNCCOC(=O)COC)cc1. The number of methoxy groups -OCH3 is 1. The first-order valence-corrected chi connectivity index (χ1v) is 6.33. The first-order chi connectivity index (χ1) is 9.26. The zero-order valence-electron chi connectivity index (χ0n) is 11.5. The van der Waals surface area contributed by atoms with Crippen LogP contribution in [0.1, 0.15) is 12.5 Å². The summed E-state index contributed by atoms with van der Waals surface area (Å²) < 4.78 is 14.9. The summed E-state index contributed by atoms with van der Waals surface area (Å²) in [5, 5.41) is 3.19. The molecule has 5 nitrogen and oxygen atoms in total. The Hall–Kier alpha value is -1.59. The van der Waals surface area contributed by atoms with Gasteiger partial charge in [-0.25, -0.2) is 4.79 Å². The van der Waals surface area contributed by atoms with Gasteiger partial charge in [0.15, 0.2) is 0 Å². The molecule has 0 aliphatic heterocycles. The minimum absolute atomic E-state index is 0.00110. The minimum atomic E-state index is -0.342. The molecule has 0 heterocycles. The van der Waals surface area contributed by atoms with Crippen molar-refractivity contribution in [1.29, 1.82) is 0 Å². The molecule has 0 radical (unpaired) electrons. The monoisotopic (exact) mass is 267 g/mol. The van der Waals surface area contributed by atoms with Crippen molar-refractivity contribution >= 4 is 5.97 Å². The van der Waals surface area contributed by atoms with E-state index in [0.717, 1.165) is 17.9 Å². The predicted molar refractivity (Wildman–Crippen MR) is 72.2 cm³/mol.